The smallest absolute Gasteiger partial charge is 0.371 e. The van der Waals surface area contributed by atoms with Crippen LogP contribution < -0.4 is 5.32 Å². The summed E-state index contributed by atoms with van der Waals surface area (Å²) in [7, 11) is 1.91. The summed E-state index contributed by atoms with van der Waals surface area (Å²) in [4.78, 5) is 10.8. The van der Waals surface area contributed by atoms with E-state index in [1.807, 2.05) is 17.8 Å². The van der Waals surface area contributed by atoms with Crippen molar-refractivity contribution < 1.29 is 14.3 Å². The lowest BCUT2D eigenvalue weighted by Crippen LogP contribution is -2.18. The molecular formula is C13H17N3O3. The molecule has 2 aromatic rings. The minimum Gasteiger partial charge on any atom is -0.475 e. The van der Waals surface area contributed by atoms with Gasteiger partial charge in [0.1, 0.15) is 5.76 Å². The summed E-state index contributed by atoms with van der Waals surface area (Å²) in [6.07, 6.45) is 2.65. The van der Waals surface area contributed by atoms with Gasteiger partial charge in [-0.1, -0.05) is 0 Å². The summed E-state index contributed by atoms with van der Waals surface area (Å²) in [6.45, 7) is 3.16. The number of aryl methyl sites for hydroxylation is 2. The van der Waals surface area contributed by atoms with Crippen molar-refractivity contribution >= 4 is 5.97 Å². The molecule has 0 radical (unpaired) electrons. The second kappa shape index (κ2) is 5.71. The molecule has 0 bridgehead atoms. The largest absolute Gasteiger partial charge is 0.475 e. The van der Waals surface area contributed by atoms with Gasteiger partial charge in [0.2, 0.25) is 5.76 Å². The number of carboxylic acids is 1. The van der Waals surface area contributed by atoms with Crippen LogP contribution in [-0.2, 0) is 20.0 Å². The Morgan fingerprint density at radius 2 is 2.37 bits per heavy atom. The van der Waals surface area contributed by atoms with Crippen molar-refractivity contribution in [3.8, 4) is 0 Å². The van der Waals surface area contributed by atoms with E-state index in [-0.39, 0.29) is 5.76 Å². The molecule has 0 aromatic carbocycles. The van der Waals surface area contributed by atoms with Gasteiger partial charge in [-0.05, 0) is 19.1 Å². The van der Waals surface area contributed by atoms with Crippen molar-refractivity contribution in [1.29, 1.82) is 0 Å². The van der Waals surface area contributed by atoms with Crippen molar-refractivity contribution in [2.24, 2.45) is 7.05 Å². The molecule has 0 atom stereocenters. The van der Waals surface area contributed by atoms with Gasteiger partial charge >= 0.3 is 5.97 Å². The average molecular weight is 263 g/mol. The van der Waals surface area contributed by atoms with Gasteiger partial charge in [0.25, 0.3) is 0 Å². The van der Waals surface area contributed by atoms with Crippen LogP contribution in [-0.4, -0.2) is 27.4 Å². The summed E-state index contributed by atoms with van der Waals surface area (Å²) in [5.74, 6) is -0.407. The van der Waals surface area contributed by atoms with Gasteiger partial charge in [-0.3, -0.25) is 4.68 Å². The molecule has 0 spiro atoms. The van der Waals surface area contributed by atoms with Gasteiger partial charge in [-0.15, -0.1) is 0 Å². The Balaban J connectivity index is 1.83. The van der Waals surface area contributed by atoms with E-state index in [1.165, 1.54) is 0 Å². The first-order chi connectivity index (χ1) is 9.08. The molecule has 6 heteroatoms. The molecule has 0 aliphatic rings. The Hall–Kier alpha value is -2.08. The van der Waals surface area contributed by atoms with Crippen LogP contribution in [0.15, 0.2) is 22.7 Å². The molecule has 2 rings (SSSR count). The van der Waals surface area contributed by atoms with Gasteiger partial charge in [-0.25, -0.2) is 4.79 Å². The highest BCUT2D eigenvalue weighted by Crippen LogP contribution is 2.14. The van der Waals surface area contributed by atoms with E-state index in [9.17, 15) is 4.79 Å². The van der Waals surface area contributed by atoms with Crippen LogP contribution in [0.5, 0.6) is 0 Å². The summed E-state index contributed by atoms with van der Waals surface area (Å²) < 4.78 is 6.99. The van der Waals surface area contributed by atoms with Crippen LogP contribution in [0.1, 0.15) is 27.6 Å². The maximum absolute atomic E-state index is 10.8. The maximum Gasteiger partial charge on any atom is 0.371 e. The van der Waals surface area contributed by atoms with Crippen LogP contribution >= 0.6 is 0 Å². The molecule has 0 unspecified atom stereocenters. The minimum absolute atomic E-state index is 0.0130. The molecule has 2 heterocycles. The van der Waals surface area contributed by atoms with E-state index in [0.717, 1.165) is 24.2 Å². The zero-order valence-electron chi connectivity index (χ0n) is 11.0. The number of aromatic carboxylic acids is 1. The summed E-state index contributed by atoms with van der Waals surface area (Å²) >= 11 is 0. The lowest BCUT2D eigenvalue weighted by Gasteiger charge is -2.04. The fraction of sp³-hybridized carbons (Fsp3) is 0.385. The molecule has 0 aliphatic carbocycles. The van der Waals surface area contributed by atoms with Crippen molar-refractivity contribution in [1.82, 2.24) is 15.1 Å². The van der Waals surface area contributed by atoms with E-state index < -0.39 is 5.97 Å². The van der Waals surface area contributed by atoms with Crippen LogP contribution in [0.25, 0.3) is 0 Å². The highest BCUT2D eigenvalue weighted by molar-refractivity contribution is 5.84. The first-order valence-corrected chi connectivity index (χ1v) is 6.08. The minimum atomic E-state index is -1.04. The zero-order chi connectivity index (χ0) is 13.8. The topological polar surface area (TPSA) is 80.3 Å². The average Bonchev–Trinajstić information content (AvgIpc) is 2.92. The second-order valence-corrected chi connectivity index (χ2v) is 4.37. The van der Waals surface area contributed by atoms with Crippen molar-refractivity contribution in [3.63, 3.8) is 0 Å². The Bertz CT molecular complexity index is 571. The van der Waals surface area contributed by atoms with Crippen LogP contribution in [0.3, 0.4) is 0 Å². The molecule has 19 heavy (non-hydrogen) atoms. The normalized spacial score (nSPS) is 10.8. The quantitative estimate of drug-likeness (QED) is 0.769. The van der Waals surface area contributed by atoms with E-state index in [2.05, 4.69) is 10.4 Å². The number of carboxylic acid groups (broad SMARTS) is 1. The third-order valence-electron chi connectivity index (χ3n) is 3.03. The Morgan fingerprint density at radius 1 is 1.58 bits per heavy atom. The Morgan fingerprint density at radius 3 is 2.95 bits per heavy atom. The van der Waals surface area contributed by atoms with E-state index >= 15 is 0 Å². The third kappa shape index (κ3) is 3.23. The van der Waals surface area contributed by atoms with Crippen LogP contribution in [0, 0.1) is 6.92 Å². The number of hydrogen-bond donors (Lipinski definition) is 2. The summed E-state index contributed by atoms with van der Waals surface area (Å²) in [6, 6.07) is 3.54. The predicted molar refractivity (Wildman–Crippen MR) is 69.0 cm³/mol. The first-order valence-electron chi connectivity index (χ1n) is 6.08. The van der Waals surface area contributed by atoms with Crippen molar-refractivity contribution in [2.75, 3.05) is 6.54 Å². The van der Waals surface area contributed by atoms with Gasteiger partial charge in [0.05, 0.1) is 0 Å². The fourth-order valence-electron chi connectivity index (χ4n) is 1.89. The molecule has 2 N–H and O–H groups in total. The SMILES string of the molecule is Cc1oc(C(=O)O)cc1CNCCc1ccnn1C. The molecule has 2 aromatic heterocycles. The molecular weight excluding hydrogens is 246 g/mol. The van der Waals surface area contributed by atoms with Crippen LogP contribution in [0.4, 0.5) is 0 Å². The van der Waals surface area contributed by atoms with E-state index in [4.69, 9.17) is 9.52 Å². The van der Waals surface area contributed by atoms with Crippen molar-refractivity contribution in [3.05, 3.63) is 41.1 Å². The fourth-order valence-corrected chi connectivity index (χ4v) is 1.89. The first kappa shape index (κ1) is 13.4. The van der Waals surface area contributed by atoms with Crippen molar-refractivity contribution in [2.45, 2.75) is 19.9 Å². The molecule has 0 saturated heterocycles. The second-order valence-electron chi connectivity index (χ2n) is 4.37. The lowest BCUT2D eigenvalue weighted by molar-refractivity contribution is 0.0661. The van der Waals surface area contributed by atoms with Gasteiger partial charge in [0.15, 0.2) is 0 Å². The molecule has 0 amide bonds. The zero-order valence-corrected chi connectivity index (χ0v) is 11.0. The third-order valence-corrected chi connectivity index (χ3v) is 3.03. The molecule has 0 aliphatic heterocycles. The highest BCUT2D eigenvalue weighted by atomic mass is 16.4. The molecule has 0 fully saturated rings. The van der Waals surface area contributed by atoms with E-state index in [1.54, 1.807) is 19.2 Å². The van der Waals surface area contributed by atoms with E-state index in [0.29, 0.717) is 12.3 Å². The molecule has 0 saturated carbocycles. The van der Waals surface area contributed by atoms with Gasteiger partial charge < -0.3 is 14.8 Å². The Labute approximate surface area is 111 Å². The Kier molecular flexibility index (Phi) is 4.01. The van der Waals surface area contributed by atoms with Gasteiger partial charge in [-0.2, -0.15) is 5.10 Å². The lowest BCUT2D eigenvalue weighted by atomic mass is 10.2. The number of furan rings is 1. The van der Waals surface area contributed by atoms with Crippen LogP contribution in [0.2, 0.25) is 0 Å². The summed E-state index contributed by atoms with van der Waals surface area (Å²) in [5.41, 5.74) is 2.03. The number of aromatic nitrogens is 2. The predicted octanol–water partition coefficient (Wildman–Crippen LogP) is 1.35. The summed E-state index contributed by atoms with van der Waals surface area (Å²) in [5, 5.41) is 16.2. The standard InChI is InChI=1S/C13H17N3O3/c1-9-10(7-12(19-9)13(17)18)8-14-5-3-11-4-6-15-16(11)2/h4,6-7,14H,3,5,8H2,1-2H3,(H,17,18). The number of carbonyl (C=O) groups is 1. The van der Waals surface area contributed by atoms with Gasteiger partial charge in [0, 0.05) is 44.0 Å². The highest BCUT2D eigenvalue weighted by Gasteiger charge is 2.12. The maximum atomic E-state index is 10.8. The molecule has 6 nitrogen and oxygen atoms in total. The monoisotopic (exact) mass is 263 g/mol. The molecule has 102 valence electrons. The number of nitrogens with one attached hydrogen (secondary N) is 1. The number of nitrogens with zero attached hydrogens (tertiary/aromatic N) is 2. The number of hydrogen-bond acceptors (Lipinski definition) is 4. The number of rotatable bonds is 6.